The van der Waals surface area contributed by atoms with Crippen molar-refractivity contribution in [2.24, 2.45) is 5.92 Å². The van der Waals surface area contributed by atoms with Gasteiger partial charge in [-0.3, -0.25) is 4.79 Å². The van der Waals surface area contributed by atoms with E-state index in [1.807, 2.05) is 36.4 Å². The van der Waals surface area contributed by atoms with Crippen molar-refractivity contribution in [1.29, 1.82) is 0 Å². The Morgan fingerprint density at radius 2 is 1.33 bits per heavy atom. The van der Waals surface area contributed by atoms with E-state index in [4.69, 9.17) is 14.2 Å². The Bertz CT molecular complexity index is 1570. The second-order valence-electron chi connectivity index (χ2n) is 9.68. The molecule has 0 bridgehead atoms. The maximum absolute atomic E-state index is 13.2. The number of imide groups is 1. The van der Waals surface area contributed by atoms with Crippen molar-refractivity contribution >= 4 is 23.9 Å². The molecule has 5 rings (SSSR count). The van der Waals surface area contributed by atoms with Gasteiger partial charge in [-0.1, -0.05) is 78.9 Å². The molecule has 1 N–H and O–H groups in total. The first-order chi connectivity index (χ1) is 20.4. The van der Waals surface area contributed by atoms with Gasteiger partial charge in [0.2, 0.25) is 5.91 Å². The van der Waals surface area contributed by atoms with Crippen LogP contribution in [-0.2, 0) is 38.7 Å². The zero-order chi connectivity index (χ0) is 29.5. The van der Waals surface area contributed by atoms with Gasteiger partial charge in [-0.15, -0.1) is 0 Å². The summed E-state index contributed by atoms with van der Waals surface area (Å²) >= 11 is 0. The van der Waals surface area contributed by atoms with Crippen LogP contribution < -0.4 is 4.74 Å². The number of likely N-dealkylation sites (tertiary alicyclic amines) is 1. The Kier molecular flexibility index (Phi) is 8.58. The number of nitrogens with zero attached hydrogens (tertiary/aromatic N) is 1. The zero-order valence-electron chi connectivity index (χ0n) is 22.4. The van der Waals surface area contributed by atoms with Crippen LogP contribution in [0.1, 0.15) is 27.0 Å². The fourth-order valence-electron chi connectivity index (χ4n) is 4.56. The molecular formula is C33H27NO8. The summed E-state index contributed by atoms with van der Waals surface area (Å²) in [6, 6.07) is 29.0. The number of ether oxygens (including phenoxy) is 3. The van der Waals surface area contributed by atoms with E-state index in [1.165, 1.54) is 36.4 Å². The van der Waals surface area contributed by atoms with Gasteiger partial charge in [0.25, 0.3) is 0 Å². The van der Waals surface area contributed by atoms with E-state index >= 15 is 0 Å². The number of carbonyl (C=O) groups excluding carboxylic acids is 4. The summed E-state index contributed by atoms with van der Waals surface area (Å²) in [5.41, 5.74) is 2.41. The second kappa shape index (κ2) is 12.8. The highest BCUT2D eigenvalue weighted by Crippen LogP contribution is 2.33. The molecule has 0 spiro atoms. The van der Waals surface area contributed by atoms with Crippen molar-refractivity contribution in [3.05, 3.63) is 131 Å². The second-order valence-corrected chi connectivity index (χ2v) is 9.68. The number of hydrogen-bond donors (Lipinski definition) is 1. The molecule has 1 aliphatic rings. The molecule has 4 aromatic carbocycles. The number of rotatable bonds is 9. The number of amides is 2. The van der Waals surface area contributed by atoms with E-state index in [0.29, 0.717) is 5.56 Å². The lowest BCUT2D eigenvalue weighted by atomic mass is 9.82. The fraction of sp³-hybridized carbons (Fsp3) is 0.152. The van der Waals surface area contributed by atoms with Gasteiger partial charge in [0, 0.05) is 0 Å². The molecule has 9 heteroatoms. The lowest BCUT2D eigenvalue weighted by Crippen LogP contribution is -2.67. The smallest absolute Gasteiger partial charge is 0.422 e. The van der Waals surface area contributed by atoms with Gasteiger partial charge < -0.3 is 19.3 Å². The maximum Gasteiger partial charge on any atom is 0.422 e. The molecule has 2 atom stereocenters. The van der Waals surface area contributed by atoms with Gasteiger partial charge in [0.15, 0.2) is 6.04 Å². The number of benzene rings is 4. The third-order valence-corrected chi connectivity index (χ3v) is 6.76. The summed E-state index contributed by atoms with van der Waals surface area (Å²) in [5.74, 6) is -2.78. The third-order valence-electron chi connectivity index (χ3n) is 6.76. The largest absolute Gasteiger partial charge is 0.508 e. The number of phenolic OH excluding ortho intramolecular Hbond substituents is 1. The van der Waals surface area contributed by atoms with Crippen LogP contribution in [0.3, 0.4) is 0 Å². The fourth-order valence-corrected chi connectivity index (χ4v) is 4.56. The van der Waals surface area contributed by atoms with E-state index in [-0.39, 0.29) is 36.7 Å². The Labute approximate surface area is 241 Å². The van der Waals surface area contributed by atoms with Gasteiger partial charge in [-0.2, -0.15) is 0 Å². The summed E-state index contributed by atoms with van der Waals surface area (Å²) in [6.45, 7) is 0.0352. The number of carbonyl (C=O) groups is 4. The highest BCUT2D eigenvalue weighted by Gasteiger charge is 2.56. The number of phenols is 1. The molecule has 2 amide bonds. The zero-order valence-corrected chi connectivity index (χ0v) is 22.4. The summed E-state index contributed by atoms with van der Waals surface area (Å²) < 4.78 is 16.2. The van der Waals surface area contributed by atoms with Crippen LogP contribution in [0.15, 0.2) is 109 Å². The Morgan fingerprint density at radius 1 is 0.714 bits per heavy atom. The van der Waals surface area contributed by atoms with Crippen LogP contribution in [0, 0.1) is 5.92 Å². The SMILES string of the molecule is O=C(OCc1ccccc1)c1cccc(OC(=O)N2C(=O)[C@@H](Cc3ccc(O)cc3)[C@H]2C(=O)OCc2ccccc2)c1. The van der Waals surface area contributed by atoms with E-state index in [0.717, 1.165) is 16.0 Å². The van der Waals surface area contributed by atoms with Crippen LogP contribution in [0.4, 0.5) is 4.79 Å². The first-order valence-corrected chi connectivity index (χ1v) is 13.2. The van der Waals surface area contributed by atoms with Gasteiger partial charge in [-0.05, 0) is 53.4 Å². The van der Waals surface area contributed by atoms with Crippen molar-refractivity contribution in [3.63, 3.8) is 0 Å². The summed E-state index contributed by atoms with van der Waals surface area (Å²) in [7, 11) is 0. The summed E-state index contributed by atoms with van der Waals surface area (Å²) in [6.07, 6.45) is -0.921. The minimum absolute atomic E-state index is 0.000323. The predicted octanol–water partition coefficient (Wildman–Crippen LogP) is 5.06. The number of aromatic hydroxyl groups is 1. The minimum Gasteiger partial charge on any atom is -0.508 e. The normalized spacial score (nSPS) is 15.8. The highest BCUT2D eigenvalue weighted by molar-refractivity contribution is 6.07. The number of β-lactam (4-membered cyclic amide) rings is 1. The highest BCUT2D eigenvalue weighted by atomic mass is 16.6. The van der Waals surface area contributed by atoms with Gasteiger partial charge in [0.1, 0.15) is 24.7 Å². The van der Waals surface area contributed by atoms with E-state index in [9.17, 15) is 24.3 Å². The predicted molar refractivity (Wildman–Crippen MR) is 150 cm³/mol. The van der Waals surface area contributed by atoms with Gasteiger partial charge in [-0.25, -0.2) is 19.3 Å². The van der Waals surface area contributed by atoms with Crippen molar-refractivity contribution in [1.82, 2.24) is 4.90 Å². The lowest BCUT2D eigenvalue weighted by Gasteiger charge is -2.42. The molecule has 0 saturated carbocycles. The molecule has 1 fully saturated rings. The molecule has 42 heavy (non-hydrogen) atoms. The molecule has 0 unspecified atom stereocenters. The third kappa shape index (κ3) is 6.64. The molecule has 0 aliphatic carbocycles. The standard InChI is InChI=1S/C33H27NO8/c35-26-16-14-22(15-17-26)18-28-29(32(38)41-21-24-10-5-2-6-11-24)34(30(28)36)33(39)42-27-13-7-12-25(19-27)31(37)40-20-23-8-3-1-4-9-23/h1-17,19,28-29,35H,18,20-21H2/t28-,29-/m0/s1. The maximum atomic E-state index is 13.2. The van der Waals surface area contributed by atoms with Crippen LogP contribution in [0.5, 0.6) is 11.5 Å². The Hall–Kier alpha value is -5.44. The molecule has 0 radical (unpaired) electrons. The molecule has 1 aliphatic heterocycles. The summed E-state index contributed by atoms with van der Waals surface area (Å²) in [5, 5.41) is 9.58. The van der Waals surface area contributed by atoms with E-state index < -0.39 is 35.9 Å². The van der Waals surface area contributed by atoms with Crippen molar-refractivity contribution in [2.75, 3.05) is 0 Å². The molecule has 0 aromatic heterocycles. The lowest BCUT2D eigenvalue weighted by molar-refractivity contribution is -0.171. The van der Waals surface area contributed by atoms with Crippen molar-refractivity contribution in [2.45, 2.75) is 25.7 Å². The van der Waals surface area contributed by atoms with Crippen LogP contribution >= 0.6 is 0 Å². The van der Waals surface area contributed by atoms with Gasteiger partial charge in [0.05, 0.1) is 11.5 Å². The average Bonchev–Trinajstić information content (AvgIpc) is 3.01. The van der Waals surface area contributed by atoms with E-state index in [1.54, 1.807) is 36.4 Å². The van der Waals surface area contributed by atoms with Crippen LogP contribution in [-0.4, -0.2) is 40.0 Å². The number of esters is 2. The Morgan fingerprint density at radius 3 is 1.98 bits per heavy atom. The molecular weight excluding hydrogens is 538 g/mol. The molecule has 1 saturated heterocycles. The number of hydrogen-bond acceptors (Lipinski definition) is 8. The van der Waals surface area contributed by atoms with Crippen molar-refractivity contribution < 1.29 is 38.5 Å². The molecule has 212 valence electrons. The quantitative estimate of drug-likeness (QED) is 0.221. The first-order valence-electron chi connectivity index (χ1n) is 13.2. The van der Waals surface area contributed by atoms with Crippen LogP contribution in [0.25, 0.3) is 0 Å². The van der Waals surface area contributed by atoms with E-state index in [2.05, 4.69) is 0 Å². The minimum atomic E-state index is -1.22. The topological polar surface area (TPSA) is 119 Å². The summed E-state index contributed by atoms with van der Waals surface area (Å²) in [4.78, 5) is 52.8. The average molecular weight is 566 g/mol. The van der Waals surface area contributed by atoms with Crippen LogP contribution in [0.2, 0.25) is 0 Å². The van der Waals surface area contributed by atoms with Gasteiger partial charge >= 0.3 is 18.0 Å². The molecule has 1 heterocycles. The Balaban J connectivity index is 1.28. The van der Waals surface area contributed by atoms with Crippen molar-refractivity contribution in [3.8, 4) is 11.5 Å². The first kappa shape index (κ1) is 28.1. The monoisotopic (exact) mass is 565 g/mol. The molecule has 4 aromatic rings. The molecule has 9 nitrogen and oxygen atoms in total.